The zero-order valence-corrected chi connectivity index (χ0v) is 28.7. The van der Waals surface area contributed by atoms with E-state index < -0.39 is 12.0 Å². The fourth-order valence-electron chi connectivity index (χ4n) is 5.43. The molecule has 48 heavy (non-hydrogen) atoms. The molecular formula is C38H42N2O7S. The van der Waals surface area contributed by atoms with Crippen LogP contribution in [0.15, 0.2) is 93.9 Å². The van der Waals surface area contributed by atoms with Gasteiger partial charge < -0.3 is 23.7 Å². The molecule has 1 aliphatic heterocycles. The number of ether oxygens (including phenoxy) is 5. The summed E-state index contributed by atoms with van der Waals surface area (Å²) >= 11 is 1.26. The summed E-state index contributed by atoms with van der Waals surface area (Å²) in [5.41, 5.74) is 2.06. The molecule has 0 saturated heterocycles. The molecule has 0 spiro atoms. The Balaban J connectivity index is 1.32. The molecule has 1 aliphatic rings. The lowest BCUT2D eigenvalue weighted by molar-refractivity contribution is -0.139. The number of methoxy groups -OCH3 is 1. The summed E-state index contributed by atoms with van der Waals surface area (Å²) in [4.78, 5) is 32.3. The number of carbonyl (C=O) groups is 1. The maximum atomic E-state index is 14.0. The van der Waals surface area contributed by atoms with Crippen LogP contribution >= 0.6 is 11.3 Å². The number of esters is 1. The summed E-state index contributed by atoms with van der Waals surface area (Å²) in [5, 5.41) is 0. The van der Waals surface area contributed by atoms with E-state index in [-0.39, 0.29) is 12.2 Å². The van der Waals surface area contributed by atoms with E-state index in [4.69, 9.17) is 23.7 Å². The van der Waals surface area contributed by atoms with Crippen molar-refractivity contribution in [1.29, 1.82) is 0 Å². The van der Waals surface area contributed by atoms with Gasteiger partial charge in [-0.3, -0.25) is 9.36 Å². The van der Waals surface area contributed by atoms with Crippen molar-refractivity contribution in [3.8, 4) is 23.0 Å². The molecule has 9 nitrogen and oxygen atoms in total. The molecule has 0 saturated carbocycles. The lowest BCUT2D eigenvalue weighted by Crippen LogP contribution is -2.39. The minimum Gasteiger partial charge on any atom is -0.497 e. The van der Waals surface area contributed by atoms with Crippen molar-refractivity contribution in [1.82, 2.24) is 4.57 Å². The fourth-order valence-corrected chi connectivity index (χ4v) is 6.47. The lowest BCUT2D eigenvalue weighted by Gasteiger charge is -2.24. The van der Waals surface area contributed by atoms with Gasteiger partial charge in [-0.2, -0.15) is 0 Å². The number of unbranched alkanes of at least 4 members (excludes halogenated alkanes) is 3. The quantitative estimate of drug-likeness (QED) is 0.103. The van der Waals surface area contributed by atoms with E-state index in [0.717, 1.165) is 29.0 Å². The van der Waals surface area contributed by atoms with Crippen molar-refractivity contribution in [2.45, 2.75) is 52.5 Å². The van der Waals surface area contributed by atoms with E-state index in [1.807, 2.05) is 60.7 Å². The van der Waals surface area contributed by atoms with E-state index in [2.05, 4.69) is 11.9 Å². The second-order valence-corrected chi connectivity index (χ2v) is 12.2. The van der Waals surface area contributed by atoms with Crippen molar-refractivity contribution in [2.24, 2.45) is 4.99 Å². The van der Waals surface area contributed by atoms with Gasteiger partial charge in [0.05, 0.1) is 42.2 Å². The molecule has 10 heteroatoms. The molecule has 0 N–H and O–H groups in total. The van der Waals surface area contributed by atoms with Crippen LogP contribution in [0.5, 0.6) is 23.0 Å². The second kappa shape index (κ2) is 16.8. The Morgan fingerprint density at radius 1 is 0.854 bits per heavy atom. The van der Waals surface area contributed by atoms with Gasteiger partial charge in [-0.25, -0.2) is 9.79 Å². The molecule has 0 radical (unpaired) electrons. The maximum absolute atomic E-state index is 14.0. The SMILES string of the molecule is CCCCCCOc1ccc(OCCOc2ccccc2/C=c2\sc3n(c2=O)[C@H](c2ccc(OC)cc2)C(C(=O)OCC)=C(C)N=3)cc1. The summed E-state index contributed by atoms with van der Waals surface area (Å²) in [6, 6.07) is 21.7. The standard InChI is InChI=1S/C38H42N2O7S/c1-5-7-8-11-22-45-30-18-20-31(21-19-30)46-23-24-47-32-13-10-9-12-28(32)25-33-36(41)40-35(27-14-16-29(43-4)17-15-27)34(37(42)44-6-2)26(3)39-38(40)48-33/h9-10,12-21,25,35H,5-8,11,22-24H2,1-4H3/b33-25-/t35-/m1/s1. The number of hydrogen-bond donors (Lipinski definition) is 0. The van der Waals surface area contributed by atoms with Crippen molar-refractivity contribution in [2.75, 3.05) is 33.5 Å². The summed E-state index contributed by atoms with van der Waals surface area (Å²) < 4.78 is 30.6. The van der Waals surface area contributed by atoms with E-state index in [9.17, 15) is 9.59 Å². The largest absolute Gasteiger partial charge is 0.497 e. The minimum atomic E-state index is -0.705. The Morgan fingerprint density at radius 3 is 2.21 bits per heavy atom. The van der Waals surface area contributed by atoms with E-state index >= 15 is 0 Å². The fraction of sp³-hybridized carbons (Fsp3) is 0.342. The Bertz CT molecular complexity index is 1890. The number of hydrogen-bond acceptors (Lipinski definition) is 9. The first kappa shape index (κ1) is 34.5. The number of aromatic nitrogens is 1. The molecule has 5 rings (SSSR count). The highest BCUT2D eigenvalue weighted by atomic mass is 32.1. The number of carbonyl (C=O) groups excluding carboxylic acids is 1. The average Bonchev–Trinajstić information content (AvgIpc) is 3.40. The molecule has 252 valence electrons. The van der Waals surface area contributed by atoms with Crippen LogP contribution in [0.4, 0.5) is 0 Å². The second-order valence-electron chi connectivity index (χ2n) is 11.2. The molecule has 0 amide bonds. The molecule has 0 aliphatic carbocycles. The van der Waals surface area contributed by atoms with Crippen LogP contribution in [0.1, 0.15) is 63.6 Å². The Labute approximate surface area is 284 Å². The summed E-state index contributed by atoms with van der Waals surface area (Å²) in [6.07, 6.45) is 6.47. The lowest BCUT2D eigenvalue weighted by atomic mass is 9.96. The average molecular weight is 671 g/mol. The van der Waals surface area contributed by atoms with Crippen LogP contribution in [0.25, 0.3) is 6.08 Å². The predicted octanol–water partition coefficient (Wildman–Crippen LogP) is 6.22. The molecule has 0 fully saturated rings. The van der Waals surface area contributed by atoms with Gasteiger partial charge in [0.2, 0.25) is 0 Å². The van der Waals surface area contributed by atoms with Crippen LogP contribution in [0, 0.1) is 0 Å². The molecule has 1 atom stereocenters. The van der Waals surface area contributed by atoms with Gasteiger partial charge in [-0.05, 0) is 74.4 Å². The highest BCUT2D eigenvalue weighted by Crippen LogP contribution is 2.31. The first-order valence-corrected chi connectivity index (χ1v) is 17.2. The Morgan fingerprint density at radius 2 is 1.52 bits per heavy atom. The molecule has 0 unspecified atom stereocenters. The zero-order chi connectivity index (χ0) is 33.9. The number of nitrogens with zero attached hydrogens (tertiary/aromatic N) is 2. The monoisotopic (exact) mass is 670 g/mol. The van der Waals surface area contributed by atoms with Gasteiger partial charge >= 0.3 is 5.97 Å². The van der Waals surface area contributed by atoms with Crippen LogP contribution < -0.4 is 33.8 Å². The maximum Gasteiger partial charge on any atom is 0.338 e. The number of thiazole rings is 1. The highest BCUT2D eigenvalue weighted by Gasteiger charge is 2.33. The van der Waals surface area contributed by atoms with Crippen LogP contribution in [0.3, 0.4) is 0 Å². The van der Waals surface area contributed by atoms with Crippen molar-refractivity contribution in [3.63, 3.8) is 0 Å². The van der Waals surface area contributed by atoms with Crippen molar-refractivity contribution >= 4 is 23.4 Å². The summed E-state index contributed by atoms with van der Waals surface area (Å²) in [6.45, 7) is 7.28. The first-order valence-electron chi connectivity index (χ1n) is 16.3. The number of allylic oxidation sites excluding steroid dienone is 1. The van der Waals surface area contributed by atoms with Gasteiger partial charge in [-0.1, -0.05) is 67.9 Å². The third-order valence-corrected chi connectivity index (χ3v) is 8.84. The first-order chi connectivity index (χ1) is 23.4. The molecule has 1 aromatic heterocycles. The van der Waals surface area contributed by atoms with E-state index in [0.29, 0.717) is 51.9 Å². The third-order valence-electron chi connectivity index (χ3n) is 7.85. The molecular weight excluding hydrogens is 628 g/mol. The number of benzene rings is 3. The summed E-state index contributed by atoms with van der Waals surface area (Å²) in [5.74, 6) is 2.35. The van der Waals surface area contributed by atoms with Gasteiger partial charge in [0, 0.05) is 5.56 Å². The third kappa shape index (κ3) is 8.36. The Kier molecular flexibility index (Phi) is 12.1. The highest BCUT2D eigenvalue weighted by molar-refractivity contribution is 7.07. The minimum absolute atomic E-state index is 0.206. The topological polar surface area (TPSA) is 97.6 Å². The predicted molar refractivity (Wildman–Crippen MR) is 187 cm³/mol. The zero-order valence-electron chi connectivity index (χ0n) is 27.9. The van der Waals surface area contributed by atoms with Crippen LogP contribution in [-0.4, -0.2) is 44.1 Å². The number of rotatable bonds is 16. The van der Waals surface area contributed by atoms with E-state index in [1.165, 1.54) is 30.6 Å². The number of para-hydroxylation sites is 1. The van der Waals surface area contributed by atoms with Crippen LogP contribution in [-0.2, 0) is 9.53 Å². The molecule has 3 aromatic carbocycles. The van der Waals surface area contributed by atoms with Gasteiger partial charge in [0.25, 0.3) is 5.56 Å². The van der Waals surface area contributed by atoms with E-state index in [1.54, 1.807) is 43.7 Å². The summed E-state index contributed by atoms with van der Waals surface area (Å²) in [7, 11) is 1.59. The van der Waals surface area contributed by atoms with Gasteiger partial charge in [0.15, 0.2) is 4.80 Å². The molecule has 4 aromatic rings. The van der Waals surface area contributed by atoms with Crippen molar-refractivity contribution < 1.29 is 28.5 Å². The Hall–Kier alpha value is -4.83. The molecule has 0 bridgehead atoms. The van der Waals surface area contributed by atoms with Gasteiger partial charge in [0.1, 0.15) is 36.2 Å². The van der Waals surface area contributed by atoms with Crippen LogP contribution in [0.2, 0.25) is 0 Å². The smallest absolute Gasteiger partial charge is 0.338 e. The normalized spacial score (nSPS) is 14.2. The molecule has 2 heterocycles. The number of fused-ring (bicyclic) bond motifs is 1. The van der Waals surface area contributed by atoms with Crippen molar-refractivity contribution in [3.05, 3.63) is 115 Å². The van der Waals surface area contributed by atoms with Gasteiger partial charge in [-0.15, -0.1) is 0 Å².